The van der Waals surface area contributed by atoms with Crippen LogP contribution in [-0.2, 0) is 4.79 Å². The smallest absolute Gasteiger partial charge is 0.328 e. The predicted octanol–water partition coefficient (Wildman–Crippen LogP) is 3.35. The van der Waals surface area contributed by atoms with Gasteiger partial charge in [-0.3, -0.25) is 9.59 Å². The molecule has 0 aliphatic heterocycles. The fourth-order valence-corrected chi connectivity index (χ4v) is 2.85. The second kappa shape index (κ2) is 10.8. The van der Waals surface area contributed by atoms with Gasteiger partial charge in [0.05, 0.1) is 25.8 Å². The molecule has 2 N–H and O–H groups in total. The van der Waals surface area contributed by atoms with Gasteiger partial charge in [0.2, 0.25) is 17.7 Å². The van der Waals surface area contributed by atoms with Crippen molar-refractivity contribution in [2.45, 2.75) is 52.6 Å². The second-order valence-electron chi connectivity index (χ2n) is 8.41. The zero-order valence-electron chi connectivity index (χ0n) is 19.7. The number of hydrogen-bond acceptors (Lipinski definition) is 7. The van der Waals surface area contributed by atoms with Crippen molar-refractivity contribution >= 4 is 11.8 Å². The molecule has 0 aliphatic carbocycles. The summed E-state index contributed by atoms with van der Waals surface area (Å²) in [4.78, 5) is 34.2. The predicted molar refractivity (Wildman–Crippen MR) is 120 cm³/mol. The van der Waals surface area contributed by atoms with Gasteiger partial charge < -0.3 is 24.8 Å². The maximum atomic E-state index is 13.1. The third-order valence-corrected chi connectivity index (χ3v) is 4.69. The van der Waals surface area contributed by atoms with Gasteiger partial charge in [0.1, 0.15) is 11.8 Å². The van der Waals surface area contributed by atoms with Crippen molar-refractivity contribution in [2.24, 2.45) is 5.92 Å². The number of nitrogens with one attached hydrogen (secondary N) is 2. The molecule has 1 aromatic heterocycles. The SMILES string of the molecule is CCC(C)C(NC(=O)c1ccccc1Oc1nc(OC)cc(OC)n1)C(=O)NC(C)(C)C. The van der Waals surface area contributed by atoms with Crippen LogP contribution >= 0.6 is 0 Å². The summed E-state index contributed by atoms with van der Waals surface area (Å²) in [5.41, 5.74) is -0.174. The lowest BCUT2D eigenvalue weighted by atomic mass is 9.96. The lowest BCUT2D eigenvalue weighted by Gasteiger charge is -2.28. The average molecular weight is 445 g/mol. The Hall–Kier alpha value is -3.36. The number of rotatable bonds is 9. The van der Waals surface area contributed by atoms with Crippen LogP contribution < -0.4 is 24.8 Å². The Morgan fingerprint density at radius 1 is 1.06 bits per heavy atom. The zero-order valence-corrected chi connectivity index (χ0v) is 19.7. The average Bonchev–Trinajstić information content (AvgIpc) is 2.75. The number of ether oxygens (including phenoxy) is 3. The molecule has 2 unspecified atom stereocenters. The number of hydrogen-bond donors (Lipinski definition) is 2. The van der Waals surface area contributed by atoms with Gasteiger partial charge in [0, 0.05) is 5.54 Å². The molecule has 1 heterocycles. The van der Waals surface area contributed by atoms with E-state index >= 15 is 0 Å². The quantitative estimate of drug-likeness (QED) is 0.610. The highest BCUT2D eigenvalue weighted by Crippen LogP contribution is 2.26. The molecule has 0 bridgehead atoms. The molecule has 174 valence electrons. The van der Waals surface area contributed by atoms with Gasteiger partial charge in [-0.15, -0.1) is 0 Å². The first-order valence-electron chi connectivity index (χ1n) is 10.4. The third-order valence-electron chi connectivity index (χ3n) is 4.69. The Kier molecular flexibility index (Phi) is 8.40. The fraction of sp³-hybridized carbons (Fsp3) is 0.478. The summed E-state index contributed by atoms with van der Waals surface area (Å²) in [6, 6.07) is 7.44. The molecule has 0 saturated carbocycles. The molecule has 2 aromatic rings. The Morgan fingerprint density at radius 2 is 1.66 bits per heavy atom. The standard InChI is InChI=1S/C23H32N4O5/c1-8-14(2)19(21(29)27-23(3,4)5)26-20(28)15-11-9-10-12-16(15)32-22-24-17(30-6)13-18(25-22)31-7/h9-14,19H,8H2,1-7H3,(H,26,28)(H,27,29). The van der Waals surface area contributed by atoms with E-state index in [4.69, 9.17) is 14.2 Å². The van der Waals surface area contributed by atoms with E-state index in [1.54, 1.807) is 24.3 Å². The summed E-state index contributed by atoms with van der Waals surface area (Å²) in [5.74, 6) is -0.00183. The molecule has 32 heavy (non-hydrogen) atoms. The van der Waals surface area contributed by atoms with Crippen molar-refractivity contribution in [3.8, 4) is 23.5 Å². The van der Waals surface area contributed by atoms with E-state index in [0.717, 1.165) is 6.42 Å². The van der Waals surface area contributed by atoms with Crippen molar-refractivity contribution in [2.75, 3.05) is 14.2 Å². The van der Waals surface area contributed by atoms with Crippen LogP contribution in [0.5, 0.6) is 23.5 Å². The number of amides is 2. The van der Waals surface area contributed by atoms with Gasteiger partial charge in [-0.05, 0) is 38.8 Å². The number of carbonyl (C=O) groups is 2. The number of para-hydroxylation sites is 1. The largest absolute Gasteiger partial charge is 0.481 e. The minimum atomic E-state index is -0.701. The lowest BCUT2D eigenvalue weighted by molar-refractivity contribution is -0.125. The first-order chi connectivity index (χ1) is 15.1. The maximum absolute atomic E-state index is 13.1. The van der Waals surface area contributed by atoms with Crippen molar-refractivity contribution in [1.29, 1.82) is 0 Å². The number of nitrogens with zero attached hydrogens (tertiary/aromatic N) is 2. The summed E-state index contributed by atoms with van der Waals surface area (Å²) in [6.07, 6.45) is 0.720. The summed E-state index contributed by atoms with van der Waals surface area (Å²) in [5, 5.41) is 5.79. The Morgan fingerprint density at radius 3 is 2.19 bits per heavy atom. The van der Waals surface area contributed by atoms with Crippen molar-refractivity contribution in [1.82, 2.24) is 20.6 Å². The number of benzene rings is 1. The second-order valence-corrected chi connectivity index (χ2v) is 8.41. The molecule has 9 nitrogen and oxygen atoms in total. The summed E-state index contributed by atoms with van der Waals surface area (Å²) in [7, 11) is 2.93. The van der Waals surface area contributed by atoms with Crippen LogP contribution in [0.3, 0.4) is 0 Å². The zero-order chi connectivity index (χ0) is 23.9. The van der Waals surface area contributed by atoms with E-state index in [9.17, 15) is 9.59 Å². The molecule has 0 spiro atoms. The van der Waals surface area contributed by atoms with Gasteiger partial charge in [-0.1, -0.05) is 32.4 Å². The molecule has 0 saturated heterocycles. The molecular weight excluding hydrogens is 412 g/mol. The molecule has 9 heteroatoms. The number of aromatic nitrogens is 2. The van der Waals surface area contributed by atoms with E-state index in [0.29, 0.717) is 0 Å². The molecule has 0 fully saturated rings. The Balaban J connectivity index is 2.30. The molecule has 2 atom stereocenters. The Bertz CT molecular complexity index is 920. The third kappa shape index (κ3) is 6.83. The molecule has 1 aromatic carbocycles. The normalized spacial score (nSPS) is 13.0. The molecular formula is C23H32N4O5. The summed E-state index contributed by atoms with van der Waals surface area (Å²) in [6.45, 7) is 9.58. The monoisotopic (exact) mass is 444 g/mol. The van der Waals surface area contributed by atoms with Crippen LogP contribution in [0.15, 0.2) is 30.3 Å². The molecule has 2 rings (SSSR count). The van der Waals surface area contributed by atoms with Crippen LogP contribution in [0.25, 0.3) is 0 Å². The van der Waals surface area contributed by atoms with Crippen molar-refractivity contribution in [3.63, 3.8) is 0 Å². The maximum Gasteiger partial charge on any atom is 0.328 e. The molecule has 0 radical (unpaired) electrons. The number of carbonyl (C=O) groups excluding carboxylic acids is 2. The highest BCUT2D eigenvalue weighted by atomic mass is 16.5. The van der Waals surface area contributed by atoms with E-state index in [2.05, 4.69) is 20.6 Å². The highest BCUT2D eigenvalue weighted by Gasteiger charge is 2.29. The van der Waals surface area contributed by atoms with E-state index in [1.165, 1.54) is 20.3 Å². The molecule has 2 amide bonds. The van der Waals surface area contributed by atoms with Crippen LogP contribution in [0.2, 0.25) is 0 Å². The fourth-order valence-electron chi connectivity index (χ4n) is 2.85. The lowest BCUT2D eigenvalue weighted by Crippen LogP contribution is -2.54. The van der Waals surface area contributed by atoms with Gasteiger partial charge in [0.15, 0.2) is 0 Å². The van der Waals surface area contributed by atoms with Gasteiger partial charge >= 0.3 is 6.01 Å². The minimum Gasteiger partial charge on any atom is -0.481 e. The number of methoxy groups -OCH3 is 2. The van der Waals surface area contributed by atoms with Crippen LogP contribution in [0.4, 0.5) is 0 Å². The van der Waals surface area contributed by atoms with Gasteiger partial charge in [-0.2, -0.15) is 9.97 Å². The van der Waals surface area contributed by atoms with Crippen LogP contribution in [0.1, 0.15) is 51.4 Å². The molecule has 0 aliphatic rings. The highest BCUT2D eigenvalue weighted by molar-refractivity contribution is 5.99. The van der Waals surface area contributed by atoms with Crippen LogP contribution in [0, 0.1) is 5.92 Å². The van der Waals surface area contributed by atoms with E-state index in [-0.39, 0.29) is 40.9 Å². The van der Waals surface area contributed by atoms with Gasteiger partial charge in [0.25, 0.3) is 5.91 Å². The summed E-state index contributed by atoms with van der Waals surface area (Å²) < 4.78 is 16.1. The van der Waals surface area contributed by atoms with Crippen molar-refractivity contribution < 1.29 is 23.8 Å². The Labute approximate surface area is 188 Å². The summed E-state index contributed by atoms with van der Waals surface area (Å²) >= 11 is 0. The van der Waals surface area contributed by atoms with Crippen molar-refractivity contribution in [3.05, 3.63) is 35.9 Å². The minimum absolute atomic E-state index is 0.0367. The van der Waals surface area contributed by atoms with Gasteiger partial charge in [-0.25, -0.2) is 0 Å². The van der Waals surface area contributed by atoms with E-state index < -0.39 is 17.5 Å². The first-order valence-corrected chi connectivity index (χ1v) is 10.4. The van der Waals surface area contributed by atoms with E-state index in [1.807, 2.05) is 34.6 Å². The topological polar surface area (TPSA) is 112 Å². The van der Waals surface area contributed by atoms with Crippen LogP contribution in [-0.4, -0.2) is 47.6 Å². The first kappa shape index (κ1) is 24.9.